The maximum absolute atomic E-state index is 9.65. The highest BCUT2D eigenvalue weighted by molar-refractivity contribution is 9.10. The predicted molar refractivity (Wildman–Crippen MR) is 59.1 cm³/mol. The molecule has 0 aliphatic carbocycles. The number of aromatic hydroxyl groups is 1. The number of hydrogen-bond acceptors (Lipinski definition) is 1. The fourth-order valence-corrected chi connectivity index (χ4v) is 1.78. The summed E-state index contributed by atoms with van der Waals surface area (Å²) in [6.07, 6.45) is 3.47. The van der Waals surface area contributed by atoms with Crippen molar-refractivity contribution >= 4 is 15.9 Å². The number of halogens is 1. The summed E-state index contributed by atoms with van der Waals surface area (Å²) in [4.78, 5) is 0. The topological polar surface area (TPSA) is 20.2 Å². The van der Waals surface area contributed by atoms with Crippen LogP contribution in [0.15, 0.2) is 29.3 Å². The van der Waals surface area contributed by atoms with Crippen LogP contribution in [0.5, 0.6) is 5.75 Å². The predicted octanol–water partition coefficient (Wildman–Crippen LogP) is 3.45. The summed E-state index contributed by atoms with van der Waals surface area (Å²) >= 11 is 3.32. The first-order valence-electron chi connectivity index (χ1n) is 4.30. The maximum Gasteiger partial charge on any atom is 0.133 e. The van der Waals surface area contributed by atoms with E-state index in [2.05, 4.69) is 29.4 Å². The third-order valence-corrected chi connectivity index (χ3v) is 2.58. The molecule has 0 aliphatic heterocycles. The molecule has 1 aromatic carbocycles. The number of allylic oxidation sites excluding steroid dienone is 1. The highest BCUT2D eigenvalue weighted by Crippen LogP contribution is 2.30. The molecule has 0 spiro atoms. The third-order valence-electron chi connectivity index (χ3n) is 1.97. The fourth-order valence-electron chi connectivity index (χ4n) is 1.23. The van der Waals surface area contributed by atoms with Gasteiger partial charge < -0.3 is 5.11 Å². The van der Waals surface area contributed by atoms with Crippen molar-refractivity contribution in [3.05, 3.63) is 40.4 Å². The van der Waals surface area contributed by atoms with E-state index in [1.54, 1.807) is 6.08 Å². The molecule has 0 fully saturated rings. The summed E-state index contributed by atoms with van der Waals surface area (Å²) in [7, 11) is 0. The molecule has 0 atom stereocenters. The number of phenols is 1. The van der Waals surface area contributed by atoms with E-state index >= 15 is 0 Å². The lowest BCUT2D eigenvalue weighted by molar-refractivity contribution is 0.466. The number of benzene rings is 1. The van der Waals surface area contributed by atoms with Gasteiger partial charge in [0.05, 0.1) is 4.47 Å². The van der Waals surface area contributed by atoms with Crippen molar-refractivity contribution in [3.63, 3.8) is 0 Å². The van der Waals surface area contributed by atoms with Gasteiger partial charge >= 0.3 is 0 Å². The number of aryl methyl sites for hydroxylation is 1. The molecule has 1 nitrogen and oxygen atoms in total. The Balaban J connectivity index is 3.15. The summed E-state index contributed by atoms with van der Waals surface area (Å²) < 4.78 is 0.767. The van der Waals surface area contributed by atoms with Crippen LogP contribution in [-0.4, -0.2) is 5.11 Å². The van der Waals surface area contributed by atoms with E-state index in [1.807, 2.05) is 12.1 Å². The van der Waals surface area contributed by atoms with Crippen LogP contribution in [0.1, 0.15) is 18.1 Å². The lowest BCUT2D eigenvalue weighted by Crippen LogP contribution is -1.88. The molecule has 0 saturated carbocycles. The average Bonchev–Trinajstić information content (AvgIpc) is 2.13. The van der Waals surface area contributed by atoms with E-state index in [-0.39, 0.29) is 0 Å². The smallest absolute Gasteiger partial charge is 0.133 e. The summed E-state index contributed by atoms with van der Waals surface area (Å²) in [6.45, 7) is 5.75. The molecule has 2 heteroatoms. The SMILES string of the molecule is C=CCc1cc(CC)cc(Br)c1O. The van der Waals surface area contributed by atoms with E-state index in [9.17, 15) is 5.11 Å². The summed E-state index contributed by atoms with van der Waals surface area (Å²) in [6, 6.07) is 3.96. The first-order valence-corrected chi connectivity index (χ1v) is 5.09. The van der Waals surface area contributed by atoms with Crippen LogP contribution in [0.25, 0.3) is 0 Å². The molecule has 1 N–H and O–H groups in total. The largest absolute Gasteiger partial charge is 0.506 e. The van der Waals surface area contributed by atoms with Gasteiger partial charge in [0.1, 0.15) is 5.75 Å². The van der Waals surface area contributed by atoms with E-state index in [4.69, 9.17) is 0 Å². The summed E-state index contributed by atoms with van der Waals surface area (Å²) in [5.74, 6) is 0.331. The van der Waals surface area contributed by atoms with Gasteiger partial charge in [-0.3, -0.25) is 0 Å². The first-order chi connectivity index (χ1) is 6.19. The molecule has 0 bridgehead atoms. The quantitative estimate of drug-likeness (QED) is 0.803. The van der Waals surface area contributed by atoms with Gasteiger partial charge in [-0.05, 0) is 46.0 Å². The molecule has 1 aromatic rings. The number of hydrogen-bond donors (Lipinski definition) is 1. The Morgan fingerprint density at radius 2 is 2.23 bits per heavy atom. The zero-order valence-electron chi connectivity index (χ0n) is 7.68. The fraction of sp³-hybridized carbons (Fsp3) is 0.273. The molecule has 13 heavy (non-hydrogen) atoms. The molecule has 0 radical (unpaired) electrons. The van der Waals surface area contributed by atoms with Gasteiger partial charge in [0.2, 0.25) is 0 Å². The van der Waals surface area contributed by atoms with Gasteiger partial charge in [0.25, 0.3) is 0 Å². The number of rotatable bonds is 3. The van der Waals surface area contributed by atoms with Crippen LogP contribution in [0.2, 0.25) is 0 Å². The third kappa shape index (κ3) is 2.34. The van der Waals surface area contributed by atoms with Gasteiger partial charge in [-0.1, -0.05) is 19.1 Å². The Labute approximate surface area is 87.2 Å². The lowest BCUT2D eigenvalue weighted by atomic mass is 10.1. The van der Waals surface area contributed by atoms with Crippen LogP contribution in [-0.2, 0) is 12.8 Å². The second-order valence-electron chi connectivity index (χ2n) is 2.93. The molecule has 0 saturated heterocycles. The normalized spacial score (nSPS) is 10.0. The zero-order chi connectivity index (χ0) is 9.84. The Kier molecular flexibility index (Phi) is 3.55. The molecule has 0 aromatic heterocycles. The zero-order valence-corrected chi connectivity index (χ0v) is 9.26. The lowest BCUT2D eigenvalue weighted by Gasteiger charge is -2.06. The van der Waals surface area contributed by atoms with Crippen LogP contribution < -0.4 is 0 Å². The minimum atomic E-state index is 0.331. The molecule has 1 rings (SSSR count). The summed E-state index contributed by atoms with van der Waals surface area (Å²) in [5.41, 5.74) is 2.16. The van der Waals surface area contributed by atoms with Gasteiger partial charge in [0, 0.05) is 0 Å². The van der Waals surface area contributed by atoms with Crippen molar-refractivity contribution in [2.24, 2.45) is 0 Å². The van der Waals surface area contributed by atoms with Crippen LogP contribution >= 0.6 is 15.9 Å². The van der Waals surface area contributed by atoms with Crippen LogP contribution in [0.4, 0.5) is 0 Å². The second kappa shape index (κ2) is 4.47. The molecular weight excluding hydrogens is 228 g/mol. The Hall–Kier alpha value is -0.760. The number of phenolic OH excluding ortho intramolecular Hbond substituents is 1. The second-order valence-corrected chi connectivity index (χ2v) is 3.79. The molecule has 70 valence electrons. The van der Waals surface area contributed by atoms with Crippen molar-refractivity contribution in [2.45, 2.75) is 19.8 Å². The molecule has 0 heterocycles. The minimum Gasteiger partial charge on any atom is -0.506 e. The van der Waals surface area contributed by atoms with E-state index < -0.39 is 0 Å². The molecule has 0 amide bonds. The van der Waals surface area contributed by atoms with Crippen LogP contribution in [0, 0.1) is 0 Å². The standard InChI is InChI=1S/C11H13BrO/c1-3-5-9-6-8(4-2)7-10(12)11(9)13/h3,6-7,13H,1,4-5H2,2H3. The Morgan fingerprint density at radius 1 is 1.54 bits per heavy atom. The van der Waals surface area contributed by atoms with E-state index in [0.29, 0.717) is 12.2 Å². The molecule has 0 unspecified atom stereocenters. The van der Waals surface area contributed by atoms with Gasteiger partial charge in [0.15, 0.2) is 0 Å². The summed E-state index contributed by atoms with van der Waals surface area (Å²) in [5, 5.41) is 9.65. The highest BCUT2D eigenvalue weighted by Gasteiger charge is 2.05. The minimum absolute atomic E-state index is 0.331. The Morgan fingerprint density at radius 3 is 2.77 bits per heavy atom. The highest BCUT2D eigenvalue weighted by atomic mass is 79.9. The van der Waals surface area contributed by atoms with Crippen molar-refractivity contribution in [2.75, 3.05) is 0 Å². The van der Waals surface area contributed by atoms with Crippen LogP contribution in [0.3, 0.4) is 0 Å². The Bertz CT molecular complexity index is 318. The maximum atomic E-state index is 9.65. The van der Waals surface area contributed by atoms with E-state index in [1.165, 1.54) is 5.56 Å². The van der Waals surface area contributed by atoms with Gasteiger partial charge in [-0.25, -0.2) is 0 Å². The average molecular weight is 241 g/mol. The van der Waals surface area contributed by atoms with Crippen molar-refractivity contribution in [1.29, 1.82) is 0 Å². The molecule has 0 aliphatic rings. The van der Waals surface area contributed by atoms with Gasteiger partial charge in [-0.2, -0.15) is 0 Å². The monoisotopic (exact) mass is 240 g/mol. The van der Waals surface area contributed by atoms with E-state index in [0.717, 1.165) is 16.5 Å². The van der Waals surface area contributed by atoms with Crippen molar-refractivity contribution < 1.29 is 5.11 Å². The first kappa shape index (κ1) is 10.3. The van der Waals surface area contributed by atoms with Crippen molar-refractivity contribution in [3.8, 4) is 5.75 Å². The molecular formula is C11H13BrO. The van der Waals surface area contributed by atoms with Gasteiger partial charge in [-0.15, -0.1) is 6.58 Å². The van der Waals surface area contributed by atoms with Crippen molar-refractivity contribution in [1.82, 2.24) is 0 Å².